The van der Waals surface area contributed by atoms with Gasteiger partial charge < -0.3 is 5.32 Å². The van der Waals surface area contributed by atoms with Gasteiger partial charge >= 0.3 is 0 Å². The van der Waals surface area contributed by atoms with E-state index < -0.39 is 0 Å². The van der Waals surface area contributed by atoms with Crippen molar-refractivity contribution in [1.29, 1.82) is 0 Å². The fraction of sp³-hybridized carbons (Fsp3) is 0.214. The summed E-state index contributed by atoms with van der Waals surface area (Å²) in [5.74, 6) is -0.149. The maximum absolute atomic E-state index is 12.0. The van der Waals surface area contributed by atoms with E-state index in [0.29, 0.717) is 22.3 Å². The summed E-state index contributed by atoms with van der Waals surface area (Å²) < 4.78 is 0.744. The largest absolute Gasteiger partial charge is 0.324 e. The molecule has 0 saturated heterocycles. The van der Waals surface area contributed by atoms with E-state index in [1.54, 1.807) is 18.2 Å². The second-order valence-corrected chi connectivity index (χ2v) is 7.19. The van der Waals surface area contributed by atoms with E-state index >= 15 is 0 Å². The zero-order valence-electron chi connectivity index (χ0n) is 11.2. The topological polar surface area (TPSA) is 32.3 Å². The molecule has 0 aliphatic rings. The monoisotopic (exact) mass is 362 g/mol. The average Bonchev–Trinajstić information content (AvgIpc) is 2.79. The molecule has 2 aromatic rings. The number of carbonyl (C=O) groups excluding carboxylic acids is 1. The molecule has 0 atom stereocenters. The van der Waals surface area contributed by atoms with Crippen LogP contribution in [-0.4, -0.2) is 24.4 Å². The molecule has 21 heavy (non-hydrogen) atoms. The molecular formula is C14H13Cl3N2OS. The lowest BCUT2D eigenvalue weighted by molar-refractivity contribution is -0.117. The zero-order chi connectivity index (χ0) is 15.4. The van der Waals surface area contributed by atoms with Crippen LogP contribution in [0, 0.1) is 0 Å². The van der Waals surface area contributed by atoms with Gasteiger partial charge in [-0.15, -0.1) is 11.3 Å². The lowest BCUT2D eigenvalue weighted by Crippen LogP contribution is -2.29. The molecule has 3 nitrogen and oxygen atoms in total. The van der Waals surface area contributed by atoms with Crippen molar-refractivity contribution in [2.45, 2.75) is 6.54 Å². The van der Waals surface area contributed by atoms with E-state index in [0.717, 1.165) is 9.21 Å². The molecule has 0 saturated carbocycles. The smallest absolute Gasteiger partial charge is 0.238 e. The Bertz CT molecular complexity index is 645. The second kappa shape index (κ2) is 7.47. The minimum Gasteiger partial charge on any atom is -0.324 e. The third-order valence-electron chi connectivity index (χ3n) is 2.67. The first-order valence-electron chi connectivity index (χ1n) is 6.11. The highest BCUT2D eigenvalue weighted by Crippen LogP contribution is 2.25. The second-order valence-electron chi connectivity index (χ2n) is 4.55. The third kappa shape index (κ3) is 5.16. The Labute approximate surface area is 142 Å². The van der Waals surface area contributed by atoms with Crippen molar-refractivity contribution in [3.63, 3.8) is 0 Å². The Morgan fingerprint density at radius 2 is 2.00 bits per heavy atom. The first kappa shape index (κ1) is 16.6. The van der Waals surface area contributed by atoms with Crippen molar-refractivity contribution in [3.8, 4) is 0 Å². The lowest BCUT2D eigenvalue weighted by Gasteiger charge is -2.15. The fourth-order valence-electron chi connectivity index (χ4n) is 1.79. The van der Waals surface area contributed by atoms with Crippen molar-refractivity contribution in [1.82, 2.24) is 4.90 Å². The van der Waals surface area contributed by atoms with Gasteiger partial charge in [-0.1, -0.05) is 34.8 Å². The maximum atomic E-state index is 12.0. The molecule has 0 unspecified atom stereocenters. The van der Waals surface area contributed by atoms with Gasteiger partial charge in [0, 0.05) is 16.4 Å². The Morgan fingerprint density at radius 3 is 2.67 bits per heavy atom. The predicted octanol–water partition coefficient (Wildman–Crippen LogP) is 4.78. The van der Waals surface area contributed by atoms with E-state index in [9.17, 15) is 4.79 Å². The van der Waals surface area contributed by atoms with E-state index in [-0.39, 0.29) is 12.5 Å². The molecule has 7 heteroatoms. The quantitative estimate of drug-likeness (QED) is 0.829. The highest BCUT2D eigenvalue weighted by Gasteiger charge is 2.10. The van der Waals surface area contributed by atoms with E-state index in [2.05, 4.69) is 5.32 Å². The Kier molecular flexibility index (Phi) is 5.90. The lowest BCUT2D eigenvalue weighted by atomic mass is 10.3. The predicted molar refractivity (Wildman–Crippen MR) is 90.8 cm³/mol. The van der Waals surface area contributed by atoms with Gasteiger partial charge in [-0.3, -0.25) is 9.69 Å². The van der Waals surface area contributed by atoms with E-state index in [4.69, 9.17) is 34.8 Å². The molecule has 0 bridgehead atoms. The molecule has 2 rings (SSSR count). The molecule has 112 valence electrons. The fourth-order valence-corrected chi connectivity index (χ4v) is 3.29. The van der Waals surface area contributed by atoms with Crippen LogP contribution in [0.25, 0.3) is 0 Å². The molecule has 1 N–H and O–H groups in total. The van der Waals surface area contributed by atoms with Crippen molar-refractivity contribution in [2.24, 2.45) is 0 Å². The maximum Gasteiger partial charge on any atom is 0.238 e. The first-order chi connectivity index (χ1) is 9.94. The summed E-state index contributed by atoms with van der Waals surface area (Å²) in [4.78, 5) is 15.0. The highest BCUT2D eigenvalue weighted by atomic mass is 35.5. The minimum absolute atomic E-state index is 0.149. The van der Waals surface area contributed by atoms with Crippen LogP contribution in [0.15, 0.2) is 30.3 Å². The van der Waals surface area contributed by atoms with E-state index in [1.165, 1.54) is 11.3 Å². The molecule has 0 spiro atoms. The van der Waals surface area contributed by atoms with Crippen LogP contribution in [0.5, 0.6) is 0 Å². The SMILES string of the molecule is CN(CC(=O)Nc1cc(Cl)ccc1Cl)Cc1ccc(Cl)s1. The van der Waals surface area contributed by atoms with Gasteiger partial charge in [-0.05, 0) is 37.4 Å². The first-order valence-corrected chi connectivity index (χ1v) is 8.07. The summed E-state index contributed by atoms with van der Waals surface area (Å²) in [6.07, 6.45) is 0. The van der Waals surface area contributed by atoms with Crippen molar-refractivity contribution < 1.29 is 4.79 Å². The van der Waals surface area contributed by atoms with Crippen LogP contribution in [0.1, 0.15) is 4.88 Å². The number of amides is 1. The van der Waals surface area contributed by atoms with Gasteiger partial charge in [0.1, 0.15) is 0 Å². The number of hydrogen-bond donors (Lipinski definition) is 1. The number of likely N-dealkylation sites (N-methyl/N-ethyl adjacent to an activating group) is 1. The Balaban J connectivity index is 1.90. The highest BCUT2D eigenvalue weighted by molar-refractivity contribution is 7.16. The van der Waals surface area contributed by atoms with Crippen molar-refractivity contribution >= 4 is 57.7 Å². The number of carbonyl (C=O) groups is 1. The molecule has 1 amide bonds. The van der Waals surface area contributed by atoms with Crippen molar-refractivity contribution in [2.75, 3.05) is 18.9 Å². The summed E-state index contributed by atoms with van der Waals surface area (Å²) in [6.45, 7) is 0.909. The van der Waals surface area contributed by atoms with Gasteiger partial charge in [0.05, 0.1) is 21.6 Å². The number of anilines is 1. The van der Waals surface area contributed by atoms with Gasteiger partial charge in [-0.25, -0.2) is 0 Å². The number of nitrogens with one attached hydrogen (secondary N) is 1. The van der Waals surface area contributed by atoms with Crippen LogP contribution >= 0.6 is 46.1 Å². The normalized spacial score (nSPS) is 10.9. The summed E-state index contributed by atoms with van der Waals surface area (Å²) in [5, 5.41) is 3.74. The van der Waals surface area contributed by atoms with Crippen LogP contribution in [-0.2, 0) is 11.3 Å². The molecule has 0 fully saturated rings. The minimum atomic E-state index is -0.149. The summed E-state index contributed by atoms with van der Waals surface area (Å²) in [5.41, 5.74) is 0.515. The van der Waals surface area contributed by atoms with Gasteiger partial charge in [-0.2, -0.15) is 0 Å². The molecule has 0 radical (unpaired) electrons. The van der Waals surface area contributed by atoms with Gasteiger partial charge in [0.2, 0.25) is 5.91 Å². The molecule has 1 aromatic heterocycles. The number of thiophene rings is 1. The number of hydrogen-bond acceptors (Lipinski definition) is 3. The van der Waals surface area contributed by atoms with E-state index in [1.807, 2.05) is 24.1 Å². The Hall–Kier alpha value is -0.780. The van der Waals surface area contributed by atoms with Crippen LogP contribution in [0.3, 0.4) is 0 Å². The van der Waals surface area contributed by atoms with Gasteiger partial charge in [0.25, 0.3) is 0 Å². The molecule has 1 aromatic carbocycles. The number of benzene rings is 1. The molecule has 0 aliphatic carbocycles. The van der Waals surface area contributed by atoms with Gasteiger partial charge in [0.15, 0.2) is 0 Å². The molecule has 1 heterocycles. The molecule has 0 aliphatic heterocycles. The van der Waals surface area contributed by atoms with Crippen LogP contribution in [0.2, 0.25) is 14.4 Å². The van der Waals surface area contributed by atoms with Crippen molar-refractivity contribution in [3.05, 3.63) is 49.6 Å². The summed E-state index contributed by atoms with van der Waals surface area (Å²) in [6, 6.07) is 8.75. The van der Waals surface area contributed by atoms with Crippen LogP contribution in [0.4, 0.5) is 5.69 Å². The summed E-state index contributed by atoms with van der Waals surface area (Å²) >= 11 is 19.3. The Morgan fingerprint density at radius 1 is 1.24 bits per heavy atom. The number of halogens is 3. The summed E-state index contributed by atoms with van der Waals surface area (Å²) in [7, 11) is 1.87. The zero-order valence-corrected chi connectivity index (χ0v) is 14.3. The van der Waals surface area contributed by atoms with Crippen LogP contribution < -0.4 is 5.32 Å². The molecular weight excluding hydrogens is 351 g/mol. The number of nitrogens with zero attached hydrogens (tertiary/aromatic N) is 1. The number of rotatable bonds is 5. The standard InChI is InChI=1S/C14H13Cl3N2OS/c1-19(7-10-3-5-13(17)21-10)8-14(20)18-12-6-9(15)2-4-11(12)16/h2-6H,7-8H2,1H3,(H,18,20). The third-order valence-corrected chi connectivity index (χ3v) is 4.45. The average molecular weight is 364 g/mol.